The molecule has 0 amide bonds. The molecule has 0 heterocycles. The number of nitrogens with two attached hydrogens (primary N) is 3. The van der Waals surface area contributed by atoms with Crippen LogP contribution in [0.25, 0.3) is 0 Å². The van der Waals surface area contributed by atoms with Gasteiger partial charge in [0.2, 0.25) is 0 Å². The Hall–Kier alpha value is -0.600. The molecule has 0 aromatic heterocycles. The molecule has 0 aromatic carbocycles. The molecule has 0 bridgehead atoms. The summed E-state index contributed by atoms with van der Waals surface area (Å²) in [5, 5.41) is 0. The molecule has 6 N–H and O–H groups in total. The molecule has 1 unspecified atom stereocenters. The number of hydrogen-bond donors (Lipinski definition) is 3. The van der Waals surface area contributed by atoms with Gasteiger partial charge in [-0.2, -0.15) is 0 Å². The topological polar surface area (TPSA) is 146 Å². The Bertz CT molecular complexity index is 162. The lowest BCUT2D eigenvalue weighted by Gasteiger charge is -2.05. The van der Waals surface area contributed by atoms with Crippen molar-refractivity contribution in [2.45, 2.75) is 19.1 Å². The fraction of sp³-hybridized carbons (Fsp3) is 0.800. The molecule has 7 nitrogen and oxygen atoms in total. The van der Waals surface area contributed by atoms with E-state index in [9.17, 15) is 9.32 Å². The van der Waals surface area contributed by atoms with Crippen LogP contribution in [0, 0.1) is 10.8 Å². The van der Waals surface area contributed by atoms with Gasteiger partial charge >= 0.3 is 0 Å². The smallest absolute Gasteiger partial charge is 0.288 e. The predicted molar refractivity (Wildman–Crippen MR) is 39.0 cm³/mol. The zero-order valence-electron chi connectivity index (χ0n) is 6.98. The summed E-state index contributed by atoms with van der Waals surface area (Å²) in [5.41, 5.74) is 15.3. The van der Waals surface area contributed by atoms with Crippen molar-refractivity contribution in [2.75, 3.05) is 6.54 Å². The van der Waals surface area contributed by atoms with Gasteiger partial charge in [-0.05, 0) is 13.0 Å². The highest BCUT2D eigenvalue weighted by molar-refractivity contribution is 5.75. The quantitative estimate of drug-likeness (QED) is 0.307. The summed E-state index contributed by atoms with van der Waals surface area (Å²) < 4.78 is 24.6. The summed E-state index contributed by atoms with van der Waals surface area (Å²) in [6.07, 6.45) is 0.0452. The van der Waals surface area contributed by atoms with Gasteiger partial charge in [-0.1, -0.05) is 0 Å². The maximum atomic E-state index is 10.1. The Kier molecular flexibility index (Phi) is 6.55. The standard InChI is InChI=1S/C5H13ClN4O3/c7-3-1-2-4(10-5(8)9)13-6(11)12/h4H,1-3,7H2,(H4,8,9,10). The van der Waals surface area contributed by atoms with E-state index in [1.54, 1.807) is 0 Å². The monoisotopic (exact) mass is 212 g/mol. The fourth-order valence-corrected chi connectivity index (χ4v) is 0.969. The molecule has 1 atom stereocenters. The van der Waals surface area contributed by atoms with Gasteiger partial charge in [0, 0.05) is 10.7 Å². The summed E-state index contributed by atoms with van der Waals surface area (Å²) in [5.74, 6) is -0.221. The number of hydrogen-bond acceptors (Lipinski definition) is 5. The van der Waals surface area contributed by atoms with Gasteiger partial charge in [-0.15, -0.1) is 0 Å². The van der Waals surface area contributed by atoms with Crippen LogP contribution >= 0.6 is 0 Å². The van der Waals surface area contributed by atoms with Crippen molar-refractivity contribution < 1.29 is 24.4 Å². The summed E-state index contributed by atoms with van der Waals surface area (Å²) in [6.45, 7) is 0.418. The second kappa shape index (κ2) is 6.87. The number of aliphatic imine (C=N–C) groups is 1. The third-order valence-corrected chi connectivity index (χ3v) is 1.47. The summed E-state index contributed by atoms with van der Waals surface area (Å²) in [7, 11) is -2.30. The lowest BCUT2D eigenvalue weighted by atomic mass is 10.3. The first-order valence-corrected chi connectivity index (χ1v) is 4.50. The predicted octanol–water partition coefficient (Wildman–Crippen LogP) is -3.57. The Morgan fingerprint density at radius 3 is 2.46 bits per heavy atom. The van der Waals surface area contributed by atoms with Crippen molar-refractivity contribution in [1.82, 2.24) is 0 Å². The zero-order chi connectivity index (χ0) is 10.3. The highest BCUT2D eigenvalue weighted by Crippen LogP contribution is 2.04. The summed E-state index contributed by atoms with van der Waals surface area (Å²) in [6, 6.07) is 0. The van der Waals surface area contributed by atoms with Gasteiger partial charge < -0.3 is 26.5 Å². The van der Waals surface area contributed by atoms with Crippen molar-refractivity contribution in [2.24, 2.45) is 22.2 Å². The van der Waals surface area contributed by atoms with Crippen molar-refractivity contribution in [3.8, 4) is 0 Å². The van der Waals surface area contributed by atoms with E-state index in [0.29, 0.717) is 19.4 Å². The van der Waals surface area contributed by atoms with Gasteiger partial charge in [0.15, 0.2) is 5.96 Å². The molecule has 0 aromatic rings. The van der Waals surface area contributed by atoms with Gasteiger partial charge in [-0.3, -0.25) is 0 Å². The molecule has 78 valence electrons. The minimum absolute atomic E-state index is 0.221. The average Bonchev–Trinajstić information content (AvgIpc) is 1.98. The van der Waals surface area contributed by atoms with E-state index in [-0.39, 0.29) is 5.96 Å². The number of nitrogens with zero attached hydrogens (tertiary/aromatic N) is 1. The van der Waals surface area contributed by atoms with Crippen LogP contribution in [0.3, 0.4) is 0 Å². The Morgan fingerprint density at radius 2 is 2.08 bits per heavy atom. The Morgan fingerprint density at radius 1 is 1.46 bits per heavy atom. The number of guanidine groups is 1. The second-order valence-corrected chi connectivity index (χ2v) is 2.77. The van der Waals surface area contributed by atoms with Gasteiger partial charge in [0.25, 0.3) is 17.0 Å². The molecular formula is C5H13ClN4O3. The van der Waals surface area contributed by atoms with Crippen molar-refractivity contribution in [1.29, 1.82) is 0 Å². The second-order valence-electron chi connectivity index (χ2n) is 2.22. The summed E-state index contributed by atoms with van der Waals surface area (Å²) >= 11 is 0. The third kappa shape index (κ3) is 7.75. The molecule has 0 aliphatic carbocycles. The third-order valence-electron chi connectivity index (χ3n) is 1.12. The minimum atomic E-state index is -2.30. The fourth-order valence-electron chi connectivity index (χ4n) is 0.672. The Labute approximate surface area is 78.9 Å². The van der Waals surface area contributed by atoms with Crippen LogP contribution < -0.4 is 26.5 Å². The first-order valence-electron chi connectivity index (χ1n) is 3.57. The first kappa shape index (κ1) is 12.4. The minimum Gasteiger partial charge on any atom is -0.370 e. The van der Waals surface area contributed by atoms with Crippen molar-refractivity contribution in [3.63, 3.8) is 0 Å². The zero-order valence-corrected chi connectivity index (χ0v) is 7.74. The van der Waals surface area contributed by atoms with Crippen LogP contribution in [-0.2, 0) is 4.29 Å². The Balaban J connectivity index is 3.95. The number of rotatable bonds is 6. The molecule has 0 saturated heterocycles. The van der Waals surface area contributed by atoms with Gasteiger partial charge in [0.05, 0.1) is 0 Å². The molecule has 0 rings (SSSR count). The van der Waals surface area contributed by atoms with E-state index in [2.05, 4.69) is 9.28 Å². The van der Waals surface area contributed by atoms with E-state index in [1.165, 1.54) is 0 Å². The molecule has 0 radical (unpaired) electrons. The normalized spacial score (nSPS) is 12.9. The van der Waals surface area contributed by atoms with E-state index in [1.807, 2.05) is 0 Å². The van der Waals surface area contributed by atoms with E-state index < -0.39 is 17.0 Å². The van der Waals surface area contributed by atoms with Crippen LogP contribution in [-0.4, -0.2) is 18.7 Å². The van der Waals surface area contributed by atoms with Gasteiger partial charge in [0.1, 0.15) is 0 Å². The van der Waals surface area contributed by atoms with Crippen LogP contribution in [0.15, 0.2) is 4.99 Å². The first-order chi connectivity index (χ1) is 6.06. The van der Waals surface area contributed by atoms with Crippen molar-refractivity contribution >= 4 is 5.96 Å². The molecular weight excluding hydrogens is 200 g/mol. The van der Waals surface area contributed by atoms with Crippen LogP contribution in [0.1, 0.15) is 12.8 Å². The number of halogens is 1. The van der Waals surface area contributed by atoms with Gasteiger partial charge in [-0.25, -0.2) is 4.99 Å². The van der Waals surface area contributed by atoms with Crippen LogP contribution in [0.2, 0.25) is 0 Å². The van der Waals surface area contributed by atoms with E-state index >= 15 is 0 Å². The average molecular weight is 213 g/mol. The molecule has 0 saturated carbocycles. The molecule has 0 aliphatic heterocycles. The largest absolute Gasteiger partial charge is 0.370 e. The molecule has 0 fully saturated rings. The highest BCUT2D eigenvalue weighted by atomic mass is 35.6. The lowest BCUT2D eigenvalue weighted by molar-refractivity contribution is -1.63. The van der Waals surface area contributed by atoms with E-state index in [4.69, 9.17) is 17.2 Å². The molecule has 0 spiro atoms. The summed E-state index contributed by atoms with van der Waals surface area (Å²) in [4.78, 5) is 3.55. The van der Waals surface area contributed by atoms with Crippen molar-refractivity contribution in [3.05, 3.63) is 0 Å². The van der Waals surface area contributed by atoms with Crippen LogP contribution in [0.4, 0.5) is 0 Å². The molecule has 0 aliphatic rings. The van der Waals surface area contributed by atoms with E-state index in [0.717, 1.165) is 0 Å². The SMILES string of the molecule is NCCCC(N=C(N)N)O[Cl+2]([O-])[O-]. The maximum absolute atomic E-state index is 10.1. The maximum Gasteiger partial charge on any atom is 0.288 e. The molecule has 8 heteroatoms. The highest BCUT2D eigenvalue weighted by Gasteiger charge is 2.20. The molecule has 13 heavy (non-hydrogen) atoms. The van der Waals surface area contributed by atoms with Crippen LogP contribution in [0.5, 0.6) is 0 Å². The lowest BCUT2D eigenvalue weighted by Crippen LogP contribution is -2.38.